The van der Waals surface area contributed by atoms with Gasteiger partial charge >= 0.3 is 0 Å². The number of nitrogens with zero attached hydrogens (tertiary/aromatic N) is 3. The average Bonchev–Trinajstić information content (AvgIpc) is 3.28. The molecule has 1 aromatic heterocycles. The van der Waals surface area contributed by atoms with Crippen LogP contribution in [0.4, 0.5) is 0 Å². The standard InChI is InChI=1S/C19H20ClN3O2/c1-22-8-6-19(7-9-22)23-16(12-15(21-23)18-3-2-10-24-18)14-11-13(20)4-5-17(14)25-19/h2-5,10-11,16H,6-9,12H2,1H3/t16-/m0/s1. The van der Waals surface area contributed by atoms with E-state index in [4.69, 9.17) is 25.9 Å². The van der Waals surface area contributed by atoms with Gasteiger partial charge < -0.3 is 14.1 Å². The lowest BCUT2D eigenvalue weighted by molar-refractivity contribution is -0.147. The number of benzene rings is 1. The van der Waals surface area contributed by atoms with Gasteiger partial charge in [0.2, 0.25) is 5.72 Å². The third-order valence-electron chi connectivity index (χ3n) is 5.53. The monoisotopic (exact) mass is 357 g/mol. The number of fused-ring (bicyclic) bond motifs is 4. The molecule has 0 amide bonds. The van der Waals surface area contributed by atoms with Crippen LogP contribution in [0.3, 0.4) is 0 Å². The van der Waals surface area contributed by atoms with Crippen LogP contribution < -0.4 is 4.74 Å². The maximum atomic E-state index is 6.55. The predicted molar refractivity (Wildman–Crippen MR) is 96.0 cm³/mol. The van der Waals surface area contributed by atoms with E-state index in [2.05, 4.69) is 17.0 Å². The van der Waals surface area contributed by atoms with Crippen molar-refractivity contribution in [2.75, 3.05) is 20.1 Å². The highest BCUT2D eigenvalue weighted by molar-refractivity contribution is 6.30. The Morgan fingerprint density at radius 3 is 2.84 bits per heavy atom. The summed E-state index contributed by atoms with van der Waals surface area (Å²) in [6, 6.07) is 9.94. The number of piperidine rings is 1. The van der Waals surface area contributed by atoms with Gasteiger partial charge in [-0.05, 0) is 37.4 Å². The molecule has 0 saturated carbocycles. The van der Waals surface area contributed by atoms with Crippen molar-refractivity contribution in [1.82, 2.24) is 9.91 Å². The van der Waals surface area contributed by atoms with Crippen molar-refractivity contribution in [1.29, 1.82) is 0 Å². The second-order valence-electron chi connectivity index (χ2n) is 7.12. The summed E-state index contributed by atoms with van der Waals surface area (Å²) >= 11 is 6.26. The van der Waals surface area contributed by atoms with Crippen LogP contribution in [0.25, 0.3) is 0 Å². The van der Waals surface area contributed by atoms with Gasteiger partial charge in [-0.25, -0.2) is 5.01 Å². The van der Waals surface area contributed by atoms with Crippen molar-refractivity contribution in [3.8, 4) is 5.75 Å². The third kappa shape index (κ3) is 2.37. The minimum absolute atomic E-state index is 0.144. The fraction of sp³-hybridized carbons (Fsp3) is 0.421. The van der Waals surface area contributed by atoms with E-state index in [9.17, 15) is 0 Å². The van der Waals surface area contributed by atoms with Crippen molar-refractivity contribution in [2.45, 2.75) is 31.0 Å². The van der Waals surface area contributed by atoms with Crippen molar-refractivity contribution < 1.29 is 9.15 Å². The minimum Gasteiger partial charge on any atom is -0.466 e. The number of hydrogen-bond acceptors (Lipinski definition) is 5. The van der Waals surface area contributed by atoms with Gasteiger partial charge in [0.15, 0.2) is 0 Å². The molecular formula is C19H20ClN3O2. The molecule has 0 N–H and O–H groups in total. The molecule has 0 unspecified atom stereocenters. The molecule has 4 heterocycles. The largest absolute Gasteiger partial charge is 0.466 e. The van der Waals surface area contributed by atoms with Gasteiger partial charge in [0.25, 0.3) is 0 Å². The molecule has 1 aromatic carbocycles. The Labute approximate surface area is 151 Å². The van der Waals surface area contributed by atoms with Crippen LogP contribution >= 0.6 is 11.6 Å². The molecule has 2 aromatic rings. The SMILES string of the molecule is CN1CCC2(CC1)Oc1ccc(Cl)cc1[C@@H]1CC(c3ccco3)=NN12. The summed E-state index contributed by atoms with van der Waals surface area (Å²) in [6.45, 7) is 2.00. The van der Waals surface area contributed by atoms with E-state index in [-0.39, 0.29) is 11.8 Å². The second kappa shape index (κ2) is 5.51. The fourth-order valence-electron chi connectivity index (χ4n) is 4.14. The van der Waals surface area contributed by atoms with Crippen LogP contribution in [0.15, 0.2) is 46.1 Å². The molecule has 3 aliphatic heterocycles. The minimum atomic E-state index is -0.383. The summed E-state index contributed by atoms with van der Waals surface area (Å²) in [5.41, 5.74) is 1.71. The topological polar surface area (TPSA) is 41.2 Å². The lowest BCUT2D eigenvalue weighted by Gasteiger charge is -2.50. The Kier molecular flexibility index (Phi) is 3.37. The van der Waals surface area contributed by atoms with Gasteiger partial charge in [-0.2, -0.15) is 5.10 Å². The molecule has 1 atom stereocenters. The first kappa shape index (κ1) is 15.3. The van der Waals surface area contributed by atoms with E-state index in [0.717, 1.165) is 60.2 Å². The first-order chi connectivity index (χ1) is 12.1. The van der Waals surface area contributed by atoms with Crippen molar-refractivity contribution in [3.05, 3.63) is 52.9 Å². The van der Waals surface area contributed by atoms with Gasteiger partial charge in [0.05, 0.1) is 12.3 Å². The van der Waals surface area contributed by atoms with E-state index in [1.165, 1.54) is 0 Å². The van der Waals surface area contributed by atoms with Crippen LogP contribution in [0.1, 0.15) is 36.6 Å². The van der Waals surface area contributed by atoms with Crippen LogP contribution in [0.2, 0.25) is 5.02 Å². The molecule has 0 aliphatic carbocycles. The Morgan fingerprint density at radius 2 is 2.08 bits per heavy atom. The van der Waals surface area contributed by atoms with E-state index in [1.54, 1.807) is 6.26 Å². The van der Waals surface area contributed by atoms with Crippen molar-refractivity contribution in [3.63, 3.8) is 0 Å². The maximum Gasteiger partial charge on any atom is 0.200 e. The number of halogens is 1. The summed E-state index contributed by atoms with van der Waals surface area (Å²) < 4.78 is 12.1. The zero-order valence-electron chi connectivity index (χ0n) is 14.1. The fourth-order valence-corrected chi connectivity index (χ4v) is 4.32. The quantitative estimate of drug-likeness (QED) is 0.776. The van der Waals surface area contributed by atoms with Gasteiger partial charge in [0.1, 0.15) is 17.2 Å². The lowest BCUT2D eigenvalue weighted by atomic mass is 9.91. The summed E-state index contributed by atoms with van der Waals surface area (Å²) in [5.74, 6) is 1.77. The van der Waals surface area contributed by atoms with E-state index in [0.29, 0.717) is 0 Å². The molecule has 3 aliphatic rings. The van der Waals surface area contributed by atoms with Gasteiger partial charge in [-0.3, -0.25) is 0 Å². The normalized spacial score (nSPS) is 24.6. The van der Waals surface area contributed by atoms with Crippen molar-refractivity contribution in [2.24, 2.45) is 5.10 Å². The molecule has 6 heteroatoms. The number of likely N-dealkylation sites (tertiary alicyclic amines) is 1. The summed E-state index contributed by atoms with van der Waals surface area (Å²) in [7, 11) is 2.16. The number of ether oxygens (including phenoxy) is 1. The van der Waals surface area contributed by atoms with E-state index < -0.39 is 0 Å². The molecule has 0 radical (unpaired) electrons. The first-order valence-electron chi connectivity index (χ1n) is 8.72. The highest BCUT2D eigenvalue weighted by Gasteiger charge is 2.51. The van der Waals surface area contributed by atoms with Crippen LogP contribution in [-0.4, -0.2) is 41.5 Å². The summed E-state index contributed by atoms with van der Waals surface area (Å²) in [5, 5.41) is 7.86. The molecule has 1 spiro atoms. The van der Waals surface area contributed by atoms with Crippen LogP contribution in [-0.2, 0) is 0 Å². The first-order valence-corrected chi connectivity index (χ1v) is 9.10. The van der Waals surface area contributed by atoms with Crippen molar-refractivity contribution >= 4 is 17.3 Å². The second-order valence-corrected chi connectivity index (χ2v) is 7.56. The Bertz CT molecular complexity index is 825. The number of furan rings is 1. The van der Waals surface area contributed by atoms with E-state index in [1.807, 2.05) is 30.3 Å². The van der Waals surface area contributed by atoms with Gasteiger partial charge in [-0.1, -0.05) is 11.6 Å². The Balaban J connectivity index is 1.60. The van der Waals surface area contributed by atoms with Gasteiger partial charge in [0, 0.05) is 42.9 Å². The highest BCUT2D eigenvalue weighted by atomic mass is 35.5. The predicted octanol–water partition coefficient (Wildman–Crippen LogP) is 3.90. The molecule has 0 bridgehead atoms. The highest BCUT2D eigenvalue weighted by Crippen LogP contribution is 2.50. The molecule has 1 saturated heterocycles. The molecule has 130 valence electrons. The summed E-state index contributed by atoms with van der Waals surface area (Å²) in [4.78, 5) is 2.34. The Hall–Kier alpha value is -1.98. The number of hydrogen-bond donors (Lipinski definition) is 0. The zero-order chi connectivity index (χ0) is 17.0. The number of rotatable bonds is 1. The molecule has 5 nitrogen and oxygen atoms in total. The Morgan fingerprint density at radius 1 is 1.24 bits per heavy atom. The summed E-state index contributed by atoms with van der Waals surface area (Å²) in [6.07, 6.45) is 4.36. The average molecular weight is 358 g/mol. The molecule has 1 fully saturated rings. The van der Waals surface area contributed by atoms with E-state index >= 15 is 0 Å². The van der Waals surface area contributed by atoms with Gasteiger partial charge in [-0.15, -0.1) is 0 Å². The third-order valence-corrected chi connectivity index (χ3v) is 5.77. The van der Waals surface area contributed by atoms with Crippen LogP contribution in [0.5, 0.6) is 5.75 Å². The van der Waals surface area contributed by atoms with Crippen LogP contribution in [0, 0.1) is 0 Å². The molecule has 5 rings (SSSR count). The lowest BCUT2D eigenvalue weighted by Crippen LogP contribution is -2.58. The zero-order valence-corrected chi connectivity index (χ0v) is 14.9. The smallest absolute Gasteiger partial charge is 0.200 e. The maximum absolute atomic E-state index is 6.55. The molecule has 25 heavy (non-hydrogen) atoms. The molecular weight excluding hydrogens is 338 g/mol. The number of hydrazone groups is 1.